The molecule has 0 radical (unpaired) electrons. The Morgan fingerprint density at radius 2 is 1.44 bits per heavy atom. The highest BCUT2D eigenvalue weighted by Crippen LogP contribution is 2.08. The SMILES string of the molecule is C(=C\Nc1ccccc1)/C=N/c1ccccc1.Cl. The van der Waals surface area contributed by atoms with Crippen LogP contribution < -0.4 is 5.32 Å². The number of para-hydroxylation sites is 2. The predicted octanol–water partition coefficient (Wildman–Crippen LogP) is 4.44. The quantitative estimate of drug-likeness (QED) is 0.806. The molecule has 0 heterocycles. The van der Waals surface area contributed by atoms with Gasteiger partial charge >= 0.3 is 0 Å². The van der Waals surface area contributed by atoms with Crippen molar-refractivity contribution in [1.82, 2.24) is 0 Å². The molecular formula is C15H15ClN2. The Bertz CT molecular complexity index is 492. The standard InChI is InChI=1S/C15H14N2.ClH/c1-3-8-14(9-4-1)16-12-7-13-17-15-10-5-2-6-11-15;/h1-13,16H;1H/b12-7+,17-13+;. The second-order valence-corrected chi connectivity index (χ2v) is 3.48. The van der Waals surface area contributed by atoms with Crippen LogP contribution >= 0.6 is 12.4 Å². The van der Waals surface area contributed by atoms with E-state index in [0.29, 0.717) is 0 Å². The van der Waals surface area contributed by atoms with E-state index < -0.39 is 0 Å². The topological polar surface area (TPSA) is 24.4 Å². The van der Waals surface area contributed by atoms with Gasteiger partial charge in [-0.15, -0.1) is 12.4 Å². The molecule has 18 heavy (non-hydrogen) atoms. The number of allylic oxidation sites excluding steroid dienone is 1. The zero-order chi connectivity index (χ0) is 11.8. The summed E-state index contributed by atoms with van der Waals surface area (Å²) in [6, 6.07) is 19.9. The Morgan fingerprint density at radius 1 is 0.833 bits per heavy atom. The number of nitrogens with zero attached hydrogens (tertiary/aromatic N) is 1. The van der Waals surface area contributed by atoms with Crippen molar-refractivity contribution in [2.45, 2.75) is 0 Å². The maximum atomic E-state index is 4.29. The molecule has 0 amide bonds. The predicted molar refractivity (Wildman–Crippen MR) is 81.0 cm³/mol. The highest BCUT2D eigenvalue weighted by molar-refractivity contribution is 5.85. The Labute approximate surface area is 113 Å². The van der Waals surface area contributed by atoms with Gasteiger partial charge in [0, 0.05) is 18.1 Å². The van der Waals surface area contributed by atoms with Gasteiger partial charge in [0.2, 0.25) is 0 Å². The van der Waals surface area contributed by atoms with Crippen LogP contribution in [0.4, 0.5) is 11.4 Å². The lowest BCUT2D eigenvalue weighted by molar-refractivity contribution is 1.54. The van der Waals surface area contributed by atoms with Gasteiger partial charge in [0.25, 0.3) is 0 Å². The van der Waals surface area contributed by atoms with Crippen molar-refractivity contribution in [1.29, 1.82) is 0 Å². The van der Waals surface area contributed by atoms with Crippen LogP contribution in [0.15, 0.2) is 77.9 Å². The molecule has 2 nitrogen and oxygen atoms in total. The van der Waals surface area contributed by atoms with E-state index in [4.69, 9.17) is 0 Å². The Morgan fingerprint density at radius 3 is 2.11 bits per heavy atom. The molecule has 0 fully saturated rings. The smallest absolute Gasteiger partial charge is 0.0629 e. The van der Waals surface area contributed by atoms with Gasteiger partial charge in [-0.2, -0.15) is 0 Å². The molecule has 2 rings (SSSR count). The fraction of sp³-hybridized carbons (Fsp3) is 0. The van der Waals surface area contributed by atoms with Gasteiger partial charge in [-0.25, -0.2) is 0 Å². The molecule has 0 aliphatic heterocycles. The summed E-state index contributed by atoms with van der Waals surface area (Å²) in [4.78, 5) is 4.29. The second-order valence-electron chi connectivity index (χ2n) is 3.48. The van der Waals surface area contributed by atoms with E-state index in [-0.39, 0.29) is 12.4 Å². The molecule has 0 atom stereocenters. The third kappa shape index (κ3) is 4.85. The minimum atomic E-state index is 0. The molecule has 3 heteroatoms. The van der Waals surface area contributed by atoms with Crippen molar-refractivity contribution >= 4 is 30.0 Å². The third-order valence-corrected chi connectivity index (χ3v) is 2.19. The third-order valence-electron chi connectivity index (χ3n) is 2.19. The van der Waals surface area contributed by atoms with E-state index >= 15 is 0 Å². The molecule has 92 valence electrons. The van der Waals surface area contributed by atoms with Gasteiger partial charge in [0.1, 0.15) is 0 Å². The van der Waals surface area contributed by atoms with E-state index in [2.05, 4.69) is 10.3 Å². The summed E-state index contributed by atoms with van der Waals surface area (Å²) in [6.07, 6.45) is 5.51. The van der Waals surface area contributed by atoms with Crippen molar-refractivity contribution in [2.75, 3.05) is 5.32 Å². The average Bonchev–Trinajstić information content (AvgIpc) is 2.41. The molecule has 0 saturated carbocycles. The molecule has 2 aromatic carbocycles. The summed E-state index contributed by atoms with van der Waals surface area (Å²) >= 11 is 0. The molecule has 2 aromatic rings. The Kier molecular flexibility index (Phi) is 6.30. The molecule has 0 aliphatic carbocycles. The maximum Gasteiger partial charge on any atom is 0.0629 e. The number of rotatable bonds is 4. The minimum Gasteiger partial charge on any atom is -0.362 e. The van der Waals surface area contributed by atoms with Gasteiger partial charge < -0.3 is 5.32 Å². The first-order valence-corrected chi connectivity index (χ1v) is 5.51. The van der Waals surface area contributed by atoms with E-state index in [1.165, 1.54) is 0 Å². The van der Waals surface area contributed by atoms with Gasteiger partial charge in [0.15, 0.2) is 0 Å². The molecule has 0 unspecified atom stereocenters. The van der Waals surface area contributed by atoms with Crippen LogP contribution in [0.1, 0.15) is 0 Å². The van der Waals surface area contributed by atoms with Crippen molar-refractivity contribution in [2.24, 2.45) is 4.99 Å². The molecular weight excluding hydrogens is 244 g/mol. The zero-order valence-corrected chi connectivity index (χ0v) is 10.7. The number of hydrogen-bond acceptors (Lipinski definition) is 2. The highest BCUT2D eigenvalue weighted by atomic mass is 35.5. The normalized spacial score (nSPS) is 10.4. The Balaban J connectivity index is 0.00000162. The summed E-state index contributed by atoms with van der Waals surface area (Å²) in [5, 5.41) is 3.16. The lowest BCUT2D eigenvalue weighted by atomic mass is 10.3. The number of aliphatic imine (C=N–C) groups is 1. The molecule has 0 spiro atoms. The van der Waals surface area contributed by atoms with Crippen molar-refractivity contribution in [3.05, 3.63) is 72.9 Å². The first kappa shape index (κ1) is 14.0. The number of nitrogens with one attached hydrogen (secondary N) is 1. The van der Waals surface area contributed by atoms with Crippen molar-refractivity contribution < 1.29 is 0 Å². The highest BCUT2D eigenvalue weighted by Gasteiger charge is 1.83. The first-order valence-electron chi connectivity index (χ1n) is 5.51. The van der Waals surface area contributed by atoms with Crippen LogP contribution in [0.25, 0.3) is 0 Å². The van der Waals surface area contributed by atoms with Crippen LogP contribution in [-0.4, -0.2) is 6.21 Å². The van der Waals surface area contributed by atoms with Crippen LogP contribution in [0.3, 0.4) is 0 Å². The number of benzene rings is 2. The van der Waals surface area contributed by atoms with Gasteiger partial charge in [0.05, 0.1) is 5.69 Å². The average molecular weight is 259 g/mol. The monoisotopic (exact) mass is 258 g/mol. The second kappa shape index (κ2) is 8.09. The van der Waals surface area contributed by atoms with Crippen LogP contribution in [0.5, 0.6) is 0 Å². The molecule has 0 aromatic heterocycles. The molecule has 0 bridgehead atoms. The summed E-state index contributed by atoms with van der Waals surface area (Å²) in [7, 11) is 0. The van der Waals surface area contributed by atoms with E-state index in [1.807, 2.05) is 72.9 Å². The number of halogens is 1. The summed E-state index contributed by atoms with van der Waals surface area (Å²) < 4.78 is 0. The number of anilines is 1. The van der Waals surface area contributed by atoms with Gasteiger partial charge in [-0.05, 0) is 30.3 Å². The summed E-state index contributed by atoms with van der Waals surface area (Å²) in [6.45, 7) is 0. The summed E-state index contributed by atoms with van der Waals surface area (Å²) in [5.74, 6) is 0. The first-order chi connectivity index (χ1) is 8.45. The zero-order valence-electron chi connectivity index (χ0n) is 9.86. The lowest BCUT2D eigenvalue weighted by Gasteiger charge is -1.97. The van der Waals surface area contributed by atoms with E-state index in [0.717, 1.165) is 11.4 Å². The number of hydrogen-bond donors (Lipinski definition) is 1. The van der Waals surface area contributed by atoms with Crippen molar-refractivity contribution in [3.63, 3.8) is 0 Å². The fourth-order valence-corrected chi connectivity index (χ4v) is 1.36. The van der Waals surface area contributed by atoms with Crippen LogP contribution in [0, 0.1) is 0 Å². The Hall–Kier alpha value is -2.06. The van der Waals surface area contributed by atoms with Gasteiger partial charge in [-0.3, -0.25) is 4.99 Å². The van der Waals surface area contributed by atoms with E-state index in [1.54, 1.807) is 6.21 Å². The van der Waals surface area contributed by atoms with Gasteiger partial charge in [-0.1, -0.05) is 36.4 Å². The fourth-order valence-electron chi connectivity index (χ4n) is 1.36. The molecule has 1 N–H and O–H groups in total. The largest absolute Gasteiger partial charge is 0.362 e. The molecule has 0 aliphatic rings. The maximum absolute atomic E-state index is 4.29. The van der Waals surface area contributed by atoms with E-state index in [9.17, 15) is 0 Å². The van der Waals surface area contributed by atoms with Crippen molar-refractivity contribution in [3.8, 4) is 0 Å². The van der Waals surface area contributed by atoms with Crippen LogP contribution in [-0.2, 0) is 0 Å². The van der Waals surface area contributed by atoms with Crippen LogP contribution in [0.2, 0.25) is 0 Å². The molecule has 0 saturated heterocycles. The summed E-state index contributed by atoms with van der Waals surface area (Å²) in [5.41, 5.74) is 2.02. The minimum absolute atomic E-state index is 0. The lowest BCUT2D eigenvalue weighted by Crippen LogP contribution is -1.85.